The molecule has 0 radical (unpaired) electrons. The number of ether oxygens (including phenoxy) is 2. The molecule has 136 valence electrons. The smallest absolute Gasteiger partial charge is 0.260 e. The van der Waals surface area contributed by atoms with E-state index < -0.39 is 0 Å². The van der Waals surface area contributed by atoms with Crippen LogP contribution in [0.4, 0.5) is 5.13 Å². The molecule has 3 rings (SSSR count). The van der Waals surface area contributed by atoms with E-state index in [0.717, 1.165) is 10.2 Å². The minimum Gasteiger partial charge on any atom is -0.493 e. The Kier molecular flexibility index (Phi) is 5.42. The van der Waals surface area contributed by atoms with Gasteiger partial charge < -0.3 is 9.47 Å². The fraction of sp³-hybridized carbons (Fsp3) is 0.300. The molecule has 0 bridgehead atoms. The fourth-order valence-corrected chi connectivity index (χ4v) is 3.69. The molecular formula is C20H22N2O3S. The van der Waals surface area contributed by atoms with Crippen molar-refractivity contribution in [2.75, 3.05) is 25.7 Å². The van der Waals surface area contributed by atoms with Crippen LogP contribution < -0.4 is 14.4 Å². The molecule has 2 aromatic carbocycles. The summed E-state index contributed by atoms with van der Waals surface area (Å²) < 4.78 is 11.7. The Labute approximate surface area is 157 Å². The SMILES string of the molecule is COc1ccc(C(=O)N(CC(C)C)c2nc3ccccc3s2)cc1OC. The summed E-state index contributed by atoms with van der Waals surface area (Å²) >= 11 is 1.53. The first kappa shape index (κ1) is 18.2. The van der Waals surface area contributed by atoms with Gasteiger partial charge in [-0.25, -0.2) is 4.98 Å². The number of benzene rings is 2. The maximum Gasteiger partial charge on any atom is 0.260 e. The Morgan fingerprint density at radius 2 is 1.85 bits per heavy atom. The number of anilines is 1. The molecule has 0 spiro atoms. The van der Waals surface area contributed by atoms with Crippen LogP contribution in [0.3, 0.4) is 0 Å². The number of thiazole rings is 1. The second-order valence-electron chi connectivity index (χ2n) is 6.34. The predicted molar refractivity (Wildman–Crippen MR) is 106 cm³/mol. The molecule has 0 saturated heterocycles. The Bertz CT molecular complexity index is 887. The van der Waals surface area contributed by atoms with Crippen LogP contribution in [0.5, 0.6) is 11.5 Å². The molecule has 0 aliphatic carbocycles. The molecule has 1 heterocycles. The molecule has 26 heavy (non-hydrogen) atoms. The summed E-state index contributed by atoms with van der Waals surface area (Å²) in [5.41, 5.74) is 1.45. The number of carbonyl (C=O) groups excluding carboxylic acids is 1. The lowest BCUT2D eigenvalue weighted by Gasteiger charge is -2.22. The average molecular weight is 370 g/mol. The van der Waals surface area contributed by atoms with Crippen LogP contribution in [-0.4, -0.2) is 31.7 Å². The van der Waals surface area contributed by atoms with Gasteiger partial charge in [0.2, 0.25) is 0 Å². The lowest BCUT2D eigenvalue weighted by atomic mass is 10.1. The average Bonchev–Trinajstić information content (AvgIpc) is 3.08. The van der Waals surface area contributed by atoms with Crippen LogP contribution in [0.1, 0.15) is 24.2 Å². The summed E-state index contributed by atoms with van der Waals surface area (Å²) in [6.07, 6.45) is 0. The first-order valence-corrected chi connectivity index (χ1v) is 9.24. The number of nitrogens with zero attached hydrogens (tertiary/aromatic N) is 2. The summed E-state index contributed by atoms with van der Waals surface area (Å²) in [7, 11) is 3.14. The van der Waals surface area contributed by atoms with E-state index in [1.165, 1.54) is 11.3 Å². The Morgan fingerprint density at radius 1 is 1.12 bits per heavy atom. The van der Waals surface area contributed by atoms with Crippen molar-refractivity contribution in [1.29, 1.82) is 0 Å². The number of hydrogen-bond donors (Lipinski definition) is 0. The third-order valence-electron chi connectivity index (χ3n) is 3.94. The van der Waals surface area contributed by atoms with Gasteiger partial charge in [0.25, 0.3) is 5.91 Å². The van der Waals surface area contributed by atoms with E-state index in [0.29, 0.717) is 34.7 Å². The monoisotopic (exact) mass is 370 g/mol. The Balaban J connectivity index is 2.00. The molecule has 0 aliphatic rings. The maximum absolute atomic E-state index is 13.2. The van der Waals surface area contributed by atoms with E-state index in [2.05, 4.69) is 18.8 Å². The molecule has 0 N–H and O–H groups in total. The van der Waals surface area contributed by atoms with Gasteiger partial charge in [-0.3, -0.25) is 9.69 Å². The minimum atomic E-state index is -0.0984. The summed E-state index contributed by atoms with van der Waals surface area (Å²) in [4.78, 5) is 19.6. The minimum absolute atomic E-state index is 0.0984. The number of para-hydroxylation sites is 1. The first-order chi connectivity index (χ1) is 12.5. The number of carbonyl (C=O) groups is 1. The van der Waals surface area contributed by atoms with Crippen LogP contribution >= 0.6 is 11.3 Å². The van der Waals surface area contributed by atoms with Crippen LogP contribution in [-0.2, 0) is 0 Å². The summed E-state index contributed by atoms with van der Waals surface area (Å²) in [5, 5.41) is 0.708. The summed E-state index contributed by atoms with van der Waals surface area (Å²) in [5.74, 6) is 1.34. The molecule has 0 fully saturated rings. The molecule has 1 amide bonds. The van der Waals surface area contributed by atoms with E-state index >= 15 is 0 Å². The van der Waals surface area contributed by atoms with E-state index in [1.54, 1.807) is 37.3 Å². The van der Waals surface area contributed by atoms with Crippen molar-refractivity contribution in [3.05, 3.63) is 48.0 Å². The highest BCUT2D eigenvalue weighted by molar-refractivity contribution is 7.22. The van der Waals surface area contributed by atoms with E-state index in [-0.39, 0.29) is 5.91 Å². The molecule has 3 aromatic rings. The van der Waals surface area contributed by atoms with Gasteiger partial charge in [0.05, 0.1) is 24.4 Å². The maximum atomic E-state index is 13.2. The predicted octanol–water partition coefficient (Wildman–Crippen LogP) is 4.62. The number of methoxy groups -OCH3 is 2. The third kappa shape index (κ3) is 3.65. The quantitative estimate of drug-likeness (QED) is 0.635. The van der Waals surface area contributed by atoms with Crippen molar-refractivity contribution in [2.24, 2.45) is 5.92 Å². The van der Waals surface area contributed by atoms with Gasteiger partial charge in [0, 0.05) is 12.1 Å². The molecule has 0 aliphatic heterocycles. The zero-order valence-electron chi connectivity index (χ0n) is 15.4. The third-order valence-corrected chi connectivity index (χ3v) is 5.00. The topological polar surface area (TPSA) is 51.7 Å². The fourth-order valence-electron chi connectivity index (χ4n) is 2.71. The van der Waals surface area contributed by atoms with Crippen LogP contribution in [0.15, 0.2) is 42.5 Å². The van der Waals surface area contributed by atoms with E-state index in [1.807, 2.05) is 24.3 Å². The van der Waals surface area contributed by atoms with Gasteiger partial charge in [-0.05, 0) is 36.2 Å². The highest BCUT2D eigenvalue weighted by Crippen LogP contribution is 2.32. The lowest BCUT2D eigenvalue weighted by molar-refractivity contribution is 0.0983. The van der Waals surface area contributed by atoms with Gasteiger partial charge >= 0.3 is 0 Å². The molecule has 0 atom stereocenters. The second kappa shape index (κ2) is 7.74. The van der Waals surface area contributed by atoms with Crippen molar-refractivity contribution in [3.8, 4) is 11.5 Å². The van der Waals surface area contributed by atoms with Crippen LogP contribution in [0.2, 0.25) is 0 Å². The molecule has 6 heteroatoms. The number of fused-ring (bicyclic) bond motifs is 1. The van der Waals surface area contributed by atoms with Crippen molar-refractivity contribution >= 4 is 32.6 Å². The zero-order valence-corrected chi connectivity index (χ0v) is 16.2. The van der Waals surface area contributed by atoms with Crippen LogP contribution in [0.25, 0.3) is 10.2 Å². The largest absolute Gasteiger partial charge is 0.493 e. The van der Waals surface area contributed by atoms with Crippen molar-refractivity contribution in [2.45, 2.75) is 13.8 Å². The second-order valence-corrected chi connectivity index (χ2v) is 7.35. The van der Waals surface area contributed by atoms with E-state index in [9.17, 15) is 4.79 Å². The highest BCUT2D eigenvalue weighted by Gasteiger charge is 2.23. The summed E-state index contributed by atoms with van der Waals surface area (Å²) in [6, 6.07) is 13.1. The van der Waals surface area contributed by atoms with Gasteiger partial charge in [-0.1, -0.05) is 37.3 Å². The summed E-state index contributed by atoms with van der Waals surface area (Å²) in [6.45, 7) is 4.76. The van der Waals surface area contributed by atoms with Gasteiger partial charge in [-0.2, -0.15) is 0 Å². The first-order valence-electron chi connectivity index (χ1n) is 8.43. The number of hydrogen-bond acceptors (Lipinski definition) is 5. The standard InChI is InChI=1S/C20H22N2O3S/c1-13(2)12-22(20-21-15-7-5-6-8-18(15)26-20)19(23)14-9-10-16(24-3)17(11-14)25-4/h5-11,13H,12H2,1-4H3. The number of aromatic nitrogens is 1. The Hall–Kier alpha value is -2.60. The number of rotatable bonds is 6. The highest BCUT2D eigenvalue weighted by atomic mass is 32.1. The van der Waals surface area contributed by atoms with E-state index in [4.69, 9.17) is 9.47 Å². The van der Waals surface area contributed by atoms with Crippen molar-refractivity contribution in [1.82, 2.24) is 4.98 Å². The Morgan fingerprint density at radius 3 is 2.50 bits per heavy atom. The van der Waals surface area contributed by atoms with Gasteiger partial charge in [0.15, 0.2) is 16.6 Å². The normalized spacial score (nSPS) is 11.0. The van der Waals surface area contributed by atoms with Crippen molar-refractivity contribution < 1.29 is 14.3 Å². The molecule has 1 aromatic heterocycles. The molecule has 0 unspecified atom stereocenters. The molecular weight excluding hydrogens is 348 g/mol. The van der Waals surface area contributed by atoms with Crippen molar-refractivity contribution in [3.63, 3.8) is 0 Å². The number of amides is 1. The molecule has 0 saturated carbocycles. The van der Waals surface area contributed by atoms with Crippen LogP contribution in [0, 0.1) is 5.92 Å². The molecule has 5 nitrogen and oxygen atoms in total. The van der Waals surface area contributed by atoms with Gasteiger partial charge in [-0.15, -0.1) is 0 Å². The zero-order chi connectivity index (χ0) is 18.7. The lowest BCUT2D eigenvalue weighted by Crippen LogP contribution is -2.34. The van der Waals surface area contributed by atoms with Gasteiger partial charge in [0.1, 0.15) is 0 Å².